The van der Waals surface area contributed by atoms with Gasteiger partial charge in [-0.15, -0.1) is 0 Å². The zero-order valence-electron chi connectivity index (χ0n) is 10.6. The van der Waals surface area contributed by atoms with E-state index in [1.165, 1.54) is 4.90 Å². The van der Waals surface area contributed by atoms with Crippen molar-refractivity contribution in [3.63, 3.8) is 0 Å². The van der Waals surface area contributed by atoms with Crippen LogP contribution in [-0.4, -0.2) is 36.7 Å². The highest BCUT2D eigenvalue weighted by atomic mass is 35.5. The summed E-state index contributed by atoms with van der Waals surface area (Å²) in [6.45, 7) is 1.72. The van der Waals surface area contributed by atoms with E-state index in [-0.39, 0.29) is 6.61 Å². The number of fused-ring (bicyclic) bond motifs is 1. The Balaban J connectivity index is 2.48. The predicted octanol–water partition coefficient (Wildman–Crippen LogP) is 1.02. The number of carbonyl (C=O) groups excluding carboxylic acids is 2. The second-order valence-electron chi connectivity index (χ2n) is 4.25. The SMILES string of the molecule is CCOC(=O)C(O)C1(Cl)C(=O)N(C)c2ccccc21. The number of para-hydroxylation sites is 1. The lowest BCUT2D eigenvalue weighted by Gasteiger charge is -2.25. The molecule has 1 heterocycles. The van der Waals surface area contributed by atoms with Gasteiger partial charge in [0.05, 0.1) is 6.61 Å². The maximum Gasteiger partial charge on any atom is 0.337 e. The maximum atomic E-state index is 12.3. The lowest BCUT2D eigenvalue weighted by molar-refractivity contribution is -0.157. The number of esters is 1. The van der Waals surface area contributed by atoms with Gasteiger partial charge in [0.2, 0.25) is 0 Å². The predicted molar refractivity (Wildman–Crippen MR) is 70.0 cm³/mol. The Morgan fingerprint density at radius 2 is 2.16 bits per heavy atom. The summed E-state index contributed by atoms with van der Waals surface area (Å²) >= 11 is 6.29. The molecule has 1 amide bonds. The van der Waals surface area contributed by atoms with Crippen LogP contribution in [0, 0.1) is 0 Å². The van der Waals surface area contributed by atoms with Crippen molar-refractivity contribution in [2.45, 2.75) is 17.9 Å². The molecule has 0 saturated heterocycles. The fourth-order valence-corrected chi connectivity index (χ4v) is 2.57. The number of likely N-dealkylation sites (N-methyl/N-ethyl adjacent to an activating group) is 1. The number of benzene rings is 1. The molecule has 1 aromatic rings. The monoisotopic (exact) mass is 283 g/mol. The number of hydrogen-bond acceptors (Lipinski definition) is 4. The molecule has 0 spiro atoms. The number of alkyl halides is 1. The van der Waals surface area contributed by atoms with E-state index in [0.717, 1.165) is 0 Å². The standard InChI is InChI=1S/C13H14ClNO4/c1-3-19-11(17)10(16)13(14)8-6-4-5-7-9(8)15(2)12(13)18/h4-7,10,16H,3H2,1-2H3. The third-order valence-corrected chi connectivity index (χ3v) is 3.73. The molecule has 0 fully saturated rings. The van der Waals surface area contributed by atoms with Crippen LogP contribution in [0.5, 0.6) is 0 Å². The van der Waals surface area contributed by atoms with Crippen molar-refractivity contribution in [1.82, 2.24) is 0 Å². The van der Waals surface area contributed by atoms with Crippen molar-refractivity contribution in [2.24, 2.45) is 0 Å². The molecule has 0 aromatic heterocycles. The maximum absolute atomic E-state index is 12.3. The molecular formula is C13H14ClNO4. The molecule has 5 nitrogen and oxygen atoms in total. The van der Waals surface area contributed by atoms with E-state index >= 15 is 0 Å². The van der Waals surface area contributed by atoms with Crippen LogP contribution in [0.2, 0.25) is 0 Å². The molecule has 1 aliphatic rings. The molecule has 0 radical (unpaired) electrons. The zero-order valence-corrected chi connectivity index (χ0v) is 11.3. The van der Waals surface area contributed by atoms with E-state index in [0.29, 0.717) is 11.3 Å². The molecular weight excluding hydrogens is 270 g/mol. The minimum Gasteiger partial charge on any atom is -0.464 e. The number of aliphatic hydroxyl groups excluding tert-OH is 1. The van der Waals surface area contributed by atoms with Crippen molar-refractivity contribution in [3.05, 3.63) is 29.8 Å². The Kier molecular flexibility index (Phi) is 3.52. The molecule has 102 valence electrons. The number of halogens is 1. The summed E-state index contributed by atoms with van der Waals surface area (Å²) < 4.78 is 4.74. The molecule has 2 rings (SSSR count). The van der Waals surface area contributed by atoms with Gasteiger partial charge in [-0.2, -0.15) is 0 Å². The molecule has 0 aliphatic carbocycles. The van der Waals surface area contributed by atoms with E-state index < -0.39 is 22.9 Å². The quantitative estimate of drug-likeness (QED) is 0.664. The third-order valence-electron chi connectivity index (χ3n) is 3.16. The zero-order chi connectivity index (χ0) is 14.2. The van der Waals surface area contributed by atoms with Crippen LogP contribution >= 0.6 is 11.6 Å². The minimum absolute atomic E-state index is 0.106. The van der Waals surface area contributed by atoms with Crippen LogP contribution in [0.1, 0.15) is 12.5 Å². The summed E-state index contributed by atoms with van der Waals surface area (Å²) in [4.78, 5) is 23.4. The highest BCUT2D eigenvalue weighted by Crippen LogP contribution is 2.46. The fraction of sp³-hybridized carbons (Fsp3) is 0.385. The Labute approximate surface area is 115 Å². The third kappa shape index (κ3) is 1.89. The van der Waals surface area contributed by atoms with Gasteiger partial charge in [-0.3, -0.25) is 4.79 Å². The van der Waals surface area contributed by atoms with Crippen molar-refractivity contribution in [1.29, 1.82) is 0 Å². The first-order chi connectivity index (χ1) is 8.94. The van der Waals surface area contributed by atoms with Gasteiger partial charge in [-0.1, -0.05) is 29.8 Å². The Morgan fingerprint density at radius 3 is 2.79 bits per heavy atom. The molecule has 0 saturated carbocycles. The summed E-state index contributed by atoms with van der Waals surface area (Å²) in [6.07, 6.45) is -1.74. The first kappa shape index (κ1) is 13.8. The van der Waals surface area contributed by atoms with Crippen molar-refractivity contribution < 1.29 is 19.4 Å². The van der Waals surface area contributed by atoms with Crippen LogP contribution in [0.15, 0.2) is 24.3 Å². The molecule has 1 aliphatic heterocycles. The van der Waals surface area contributed by atoms with Crippen LogP contribution in [0.25, 0.3) is 0 Å². The summed E-state index contributed by atoms with van der Waals surface area (Å²) in [7, 11) is 1.54. The first-order valence-corrected chi connectivity index (χ1v) is 6.23. The largest absolute Gasteiger partial charge is 0.464 e. The number of nitrogens with zero attached hydrogens (tertiary/aromatic N) is 1. The molecule has 1 aromatic carbocycles. The number of amides is 1. The first-order valence-electron chi connectivity index (χ1n) is 5.85. The summed E-state index contributed by atoms with van der Waals surface area (Å²) in [6, 6.07) is 6.77. The van der Waals surface area contributed by atoms with Gasteiger partial charge in [0.25, 0.3) is 5.91 Å². The van der Waals surface area contributed by atoms with Gasteiger partial charge in [-0.25, -0.2) is 4.79 Å². The highest BCUT2D eigenvalue weighted by molar-refractivity contribution is 6.41. The molecule has 6 heteroatoms. The van der Waals surface area contributed by atoms with E-state index in [4.69, 9.17) is 16.3 Å². The lowest BCUT2D eigenvalue weighted by Crippen LogP contribution is -2.48. The van der Waals surface area contributed by atoms with Crippen LogP contribution in [0.3, 0.4) is 0 Å². The topological polar surface area (TPSA) is 66.8 Å². The summed E-state index contributed by atoms with van der Waals surface area (Å²) in [5.74, 6) is -1.45. The van der Waals surface area contributed by atoms with Crippen LogP contribution in [-0.2, 0) is 19.2 Å². The molecule has 19 heavy (non-hydrogen) atoms. The van der Waals surface area contributed by atoms with Crippen molar-refractivity contribution in [2.75, 3.05) is 18.6 Å². The molecule has 2 atom stereocenters. The number of hydrogen-bond donors (Lipinski definition) is 1. The van der Waals surface area contributed by atoms with Gasteiger partial charge >= 0.3 is 5.97 Å². The van der Waals surface area contributed by atoms with E-state index in [2.05, 4.69) is 0 Å². The number of aliphatic hydroxyl groups is 1. The fourth-order valence-electron chi connectivity index (χ4n) is 2.19. The molecule has 2 unspecified atom stereocenters. The number of ether oxygens (including phenoxy) is 1. The van der Waals surface area contributed by atoms with Crippen molar-refractivity contribution in [3.8, 4) is 0 Å². The second kappa shape index (κ2) is 4.83. The highest BCUT2D eigenvalue weighted by Gasteiger charge is 2.56. The van der Waals surface area contributed by atoms with E-state index in [9.17, 15) is 14.7 Å². The normalized spacial score (nSPS) is 23.2. The average Bonchev–Trinajstić information content (AvgIpc) is 2.62. The van der Waals surface area contributed by atoms with Crippen molar-refractivity contribution >= 4 is 29.2 Å². The average molecular weight is 284 g/mol. The van der Waals surface area contributed by atoms with Crippen LogP contribution < -0.4 is 4.90 Å². The van der Waals surface area contributed by atoms with Gasteiger partial charge in [0, 0.05) is 18.3 Å². The number of anilines is 1. The van der Waals surface area contributed by atoms with E-state index in [1.807, 2.05) is 0 Å². The second-order valence-corrected chi connectivity index (χ2v) is 4.84. The lowest BCUT2D eigenvalue weighted by atomic mass is 9.93. The summed E-state index contributed by atoms with van der Waals surface area (Å²) in [5, 5.41) is 10.1. The van der Waals surface area contributed by atoms with Gasteiger partial charge in [0.1, 0.15) is 0 Å². The number of rotatable bonds is 3. The Morgan fingerprint density at radius 1 is 1.53 bits per heavy atom. The Bertz CT molecular complexity index is 533. The van der Waals surface area contributed by atoms with E-state index in [1.54, 1.807) is 38.2 Å². The Hall–Kier alpha value is -1.59. The van der Waals surface area contributed by atoms with Gasteiger partial charge in [-0.05, 0) is 13.0 Å². The minimum atomic E-state index is -1.82. The van der Waals surface area contributed by atoms with Gasteiger partial charge < -0.3 is 14.7 Å². The number of carbonyl (C=O) groups is 2. The molecule has 1 N–H and O–H groups in total. The molecule has 0 bridgehead atoms. The van der Waals surface area contributed by atoms with Gasteiger partial charge in [0.15, 0.2) is 11.0 Å². The van der Waals surface area contributed by atoms with Crippen LogP contribution in [0.4, 0.5) is 5.69 Å². The smallest absolute Gasteiger partial charge is 0.337 e. The summed E-state index contributed by atoms with van der Waals surface area (Å²) in [5.41, 5.74) is 0.982.